The van der Waals surface area contributed by atoms with E-state index in [4.69, 9.17) is 0 Å². The van der Waals surface area contributed by atoms with Gasteiger partial charge in [0.2, 0.25) is 5.91 Å². The Balaban J connectivity index is 2.12. The molecule has 2 aromatic rings. The molecule has 242 valence electrons. The van der Waals surface area contributed by atoms with Gasteiger partial charge < -0.3 is 20.3 Å². The number of carbonyl (C=O) groups is 3. The molecule has 0 aromatic heterocycles. The highest BCUT2D eigenvalue weighted by atomic mass is 32.2. The summed E-state index contributed by atoms with van der Waals surface area (Å²) in [4.78, 5) is 36.3. The van der Waals surface area contributed by atoms with Crippen LogP contribution in [-0.2, 0) is 41.2 Å². The molecule has 0 saturated carbocycles. The summed E-state index contributed by atoms with van der Waals surface area (Å²) in [6.07, 6.45) is -14.5. The van der Waals surface area contributed by atoms with E-state index >= 15 is 0 Å². The second-order valence-electron chi connectivity index (χ2n) is 10.5. The zero-order chi connectivity index (χ0) is 33.5. The fraction of sp³-hybridized carbons (Fsp3) is 0.444. The van der Waals surface area contributed by atoms with E-state index in [9.17, 15) is 59.4 Å². The van der Waals surface area contributed by atoms with Gasteiger partial charge >= 0.3 is 24.3 Å². The lowest BCUT2D eigenvalue weighted by Crippen LogP contribution is -2.55. The second kappa shape index (κ2) is 11.9. The molecule has 3 N–H and O–H groups in total. The third-order valence-corrected chi connectivity index (χ3v) is 9.13. The Morgan fingerprint density at radius 2 is 1.59 bits per heavy atom. The molecule has 1 aliphatic heterocycles. The number of carboxylic acids is 1. The number of alkyl halides is 6. The number of ether oxygens (including phenoxy) is 1. The van der Waals surface area contributed by atoms with E-state index < -0.39 is 75.8 Å². The number of hydrogen-bond acceptors (Lipinski definition) is 7. The van der Waals surface area contributed by atoms with Gasteiger partial charge in [-0.15, -0.1) is 0 Å². The van der Waals surface area contributed by atoms with Crippen LogP contribution < -0.4 is 9.62 Å². The molecule has 2 aromatic carbocycles. The van der Waals surface area contributed by atoms with Gasteiger partial charge in [0.1, 0.15) is 5.54 Å². The fourth-order valence-corrected chi connectivity index (χ4v) is 6.51. The number of aryl methyl sites for hydroxylation is 2. The number of methoxy groups -OCH3 is 1. The number of carbonyl (C=O) groups excluding carboxylic acids is 2. The van der Waals surface area contributed by atoms with Crippen molar-refractivity contribution in [2.24, 2.45) is 0 Å². The zero-order valence-corrected chi connectivity index (χ0v) is 24.2. The Morgan fingerprint density at radius 1 is 1.02 bits per heavy atom. The fourth-order valence-electron chi connectivity index (χ4n) is 4.79. The largest absolute Gasteiger partial charge is 0.479 e. The molecule has 0 fully saturated rings. The first-order chi connectivity index (χ1) is 20.1. The Hall–Kier alpha value is -3.86. The lowest BCUT2D eigenvalue weighted by molar-refractivity contribution is -0.376. The molecule has 1 aliphatic rings. The van der Waals surface area contributed by atoms with Crippen LogP contribution in [0.15, 0.2) is 47.4 Å². The summed E-state index contributed by atoms with van der Waals surface area (Å²) in [5.74, 6) is -3.60. The molecular formula is C27H28F6N2O8S. The van der Waals surface area contributed by atoms with Crippen LogP contribution in [-0.4, -0.2) is 67.5 Å². The Morgan fingerprint density at radius 3 is 2.09 bits per heavy atom. The topological polar surface area (TPSA) is 150 Å². The average Bonchev–Trinajstić information content (AvgIpc) is 2.90. The van der Waals surface area contributed by atoms with E-state index in [-0.39, 0.29) is 29.0 Å². The highest BCUT2D eigenvalue weighted by Crippen LogP contribution is 2.51. The maximum Gasteiger partial charge on any atom is 0.430 e. The van der Waals surface area contributed by atoms with Crippen molar-refractivity contribution in [1.29, 1.82) is 0 Å². The number of esters is 1. The van der Waals surface area contributed by atoms with Crippen LogP contribution in [0, 0.1) is 6.92 Å². The van der Waals surface area contributed by atoms with E-state index in [1.807, 2.05) is 0 Å². The average molecular weight is 655 g/mol. The van der Waals surface area contributed by atoms with Gasteiger partial charge in [-0.1, -0.05) is 29.8 Å². The van der Waals surface area contributed by atoms with E-state index in [1.54, 1.807) is 6.92 Å². The van der Waals surface area contributed by atoms with Crippen LogP contribution >= 0.6 is 0 Å². The van der Waals surface area contributed by atoms with Crippen molar-refractivity contribution in [2.45, 2.75) is 74.0 Å². The molecule has 10 nitrogen and oxygen atoms in total. The number of carboxylic acid groups (broad SMARTS) is 1. The zero-order valence-electron chi connectivity index (χ0n) is 23.4. The first-order valence-electron chi connectivity index (χ1n) is 12.8. The standard InChI is InChI=1S/C27H28F6N2O8S/c1-15-4-9-19(10-5-15)44(41,42)35-18(13-21(36)34-24(2,23(38)39)14-22(37)43-3)8-6-16-12-17(7-11-20(16)35)25(40,26(28,29)30)27(31,32)33/h4-5,7,9-12,18,40H,6,8,13-14H2,1-3H3,(H,34,36)(H,38,39)/t18-,24?/m0/s1. The van der Waals surface area contributed by atoms with Crippen molar-refractivity contribution < 1.29 is 64.1 Å². The number of halogens is 6. The Bertz CT molecular complexity index is 1530. The van der Waals surface area contributed by atoms with E-state index in [0.717, 1.165) is 14.0 Å². The number of rotatable bonds is 9. The van der Waals surface area contributed by atoms with Crippen LogP contribution in [0.3, 0.4) is 0 Å². The monoisotopic (exact) mass is 654 g/mol. The molecule has 0 radical (unpaired) electrons. The highest BCUT2D eigenvalue weighted by Gasteiger charge is 2.71. The summed E-state index contributed by atoms with van der Waals surface area (Å²) in [5.41, 5.74) is -8.97. The number of nitrogens with zero attached hydrogens (tertiary/aromatic N) is 1. The van der Waals surface area contributed by atoms with Gasteiger partial charge in [-0.25, -0.2) is 13.2 Å². The molecule has 0 aliphatic carbocycles. The van der Waals surface area contributed by atoms with Crippen molar-refractivity contribution >= 4 is 33.6 Å². The quantitative estimate of drug-likeness (QED) is 0.274. The molecule has 1 heterocycles. The summed E-state index contributed by atoms with van der Waals surface area (Å²) in [5, 5.41) is 21.7. The minimum atomic E-state index is -6.18. The van der Waals surface area contributed by atoms with Gasteiger partial charge in [0.25, 0.3) is 15.6 Å². The maximum atomic E-state index is 13.9. The minimum absolute atomic E-state index is 0.289. The first kappa shape index (κ1) is 34.6. The van der Waals surface area contributed by atoms with Gasteiger partial charge in [-0.05, 0) is 50.5 Å². The van der Waals surface area contributed by atoms with Crippen LogP contribution in [0.1, 0.15) is 42.9 Å². The van der Waals surface area contributed by atoms with E-state index in [0.29, 0.717) is 28.1 Å². The summed E-state index contributed by atoms with van der Waals surface area (Å²) < 4.78 is 114. The lowest BCUT2D eigenvalue weighted by Gasteiger charge is -2.39. The number of hydrogen-bond donors (Lipinski definition) is 3. The summed E-state index contributed by atoms with van der Waals surface area (Å²) in [7, 11) is -3.62. The van der Waals surface area contributed by atoms with Crippen molar-refractivity contribution in [3.8, 4) is 0 Å². The number of aliphatic hydroxyl groups is 1. The molecule has 0 spiro atoms. The smallest absolute Gasteiger partial charge is 0.430 e. The van der Waals surface area contributed by atoms with Crippen LogP contribution in [0.2, 0.25) is 0 Å². The van der Waals surface area contributed by atoms with Gasteiger partial charge in [0.15, 0.2) is 0 Å². The highest BCUT2D eigenvalue weighted by molar-refractivity contribution is 7.92. The molecule has 44 heavy (non-hydrogen) atoms. The van der Waals surface area contributed by atoms with Crippen molar-refractivity contribution in [1.82, 2.24) is 5.32 Å². The SMILES string of the molecule is COC(=O)CC(C)(NC(=O)C[C@@H]1CCc2cc(C(O)(C(F)(F)F)C(F)(F)F)ccc2N1S(=O)(=O)c1ccc(C)cc1)C(=O)O. The van der Waals surface area contributed by atoms with Gasteiger partial charge in [0, 0.05) is 12.0 Å². The van der Waals surface area contributed by atoms with Gasteiger partial charge in [-0.3, -0.25) is 13.9 Å². The summed E-state index contributed by atoms with van der Waals surface area (Å²) in [6.45, 7) is 2.68. The van der Waals surface area contributed by atoms with Crippen molar-refractivity contribution in [3.63, 3.8) is 0 Å². The summed E-state index contributed by atoms with van der Waals surface area (Å²) in [6, 6.07) is 5.44. The molecule has 3 rings (SSSR count). The number of nitrogens with one attached hydrogen (secondary N) is 1. The number of amides is 1. The Kier molecular flexibility index (Phi) is 9.37. The molecule has 2 atom stereocenters. The third-order valence-electron chi connectivity index (χ3n) is 7.25. The van der Waals surface area contributed by atoms with E-state index in [1.165, 1.54) is 24.3 Å². The molecule has 1 unspecified atom stereocenters. The molecule has 1 amide bonds. The van der Waals surface area contributed by atoms with Crippen LogP contribution in [0.4, 0.5) is 32.0 Å². The Labute approximate surface area is 247 Å². The predicted molar refractivity (Wildman–Crippen MR) is 141 cm³/mol. The summed E-state index contributed by atoms with van der Waals surface area (Å²) >= 11 is 0. The third kappa shape index (κ3) is 6.47. The number of anilines is 1. The minimum Gasteiger partial charge on any atom is -0.479 e. The molecular weight excluding hydrogens is 626 g/mol. The second-order valence-corrected chi connectivity index (χ2v) is 12.3. The lowest BCUT2D eigenvalue weighted by atomic mass is 9.87. The first-order valence-corrected chi connectivity index (χ1v) is 14.2. The van der Waals surface area contributed by atoms with Gasteiger partial charge in [0.05, 0.1) is 30.2 Å². The van der Waals surface area contributed by atoms with Crippen molar-refractivity contribution in [3.05, 3.63) is 59.2 Å². The van der Waals surface area contributed by atoms with Crippen molar-refractivity contribution in [2.75, 3.05) is 11.4 Å². The number of aliphatic carboxylic acids is 1. The number of fused-ring (bicyclic) bond motifs is 1. The van der Waals surface area contributed by atoms with Crippen LogP contribution in [0.25, 0.3) is 0 Å². The molecule has 0 bridgehead atoms. The number of benzene rings is 2. The van der Waals surface area contributed by atoms with E-state index in [2.05, 4.69) is 10.1 Å². The van der Waals surface area contributed by atoms with Gasteiger partial charge in [-0.2, -0.15) is 26.3 Å². The van der Waals surface area contributed by atoms with Crippen LogP contribution in [0.5, 0.6) is 0 Å². The predicted octanol–water partition coefficient (Wildman–Crippen LogP) is 3.73. The maximum absolute atomic E-state index is 13.9. The number of sulfonamides is 1. The normalized spacial score (nSPS) is 17.3. The molecule has 0 saturated heterocycles. The molecule has 17 heteroatoms.